The van der Waals surface area contributed by atoms with E-state index in [0.29, 0.717) is 30.5 Å². The van der Waals surface area contributed by atoms with Crippen molar-refractivity contribution in [3.63, 3.8) is 0 Å². The number of nitrogens with one attached hydrogen (secondary N) is 1. The molecule has 1 N–H and O–H groups in total. The number of hydrogen-bond acceptors (Lipinski definition) is 5. The van der Waals surface area contributed by atoms with Crippen molar-refractivity contribution < 1.29 is 9.53 Å². The van der Waals surface area contributed by atoms with E-state index in [0.717, 1.165) is 29.4 Å². The fourth-order valence-corrected chi connectivity index (χ4v) is 4.02. The van der Waals surface area contributed by atoms with Crippen LogP contribution in [0.4, 0.5) is 5.82 Å². The molecule has 2 aromatic carbocycles. The third kappa shape index (κ3) is 5.16. The topological polar surface area (TPSA) is 67.4 Å². The number of ether oxygens (including phenoxy) is 1. The Morgan fingerprint density at radius 2 is 1.97 bits per heavy atom. The van der Waals surface area contributed by atoms with Gasteiger partial charge in [-0.2, -0.15) is 0 Å². The van der Waals surface area contributed by atoms with E-state index in [1.807, 2.05) is 54.6 Å². The van der Waals surface area contributed by atoms with Crippen LogP contribution in [0.25, 0.3) is 0 Å². The van der Waals surface area contributed by atoms with E-state index in [2.05, 4.69) is 36.1 Å². The van der Waals surface area contributed by atoms with E-state index in [9.17, 15) is 4.79 Å². The highest BCUT2D eigenvalue weighted by atomic mass is 79.9. The van der Waals surface area contributed by atoms with Crippen LogP contribution in [0.5, 0.6) is 11.6 Å². The first-order valence-electron chi connectivity index (χ1n) is 10.00. The normalized spacial score (nSPS) is 16.2. The van der Waals surface area contributed by atoms with Gasteiger partial charge in [-0.15, -0.1) is 0 Å². The summed E-state index contributed by atoms with van der Waals surface area (Å²) in [5, 5.41) is 3.07. The monoisotopic (exact) mass is 466 g/mol. The largest absolute Gasteiger partial charge is 0.436 e. The Bertz CT molecular complexity index is 999. The van der Waals surface area contributed by atoms with Gasteiger partial charge in [-0.05, 0) is 42.7 Å². The third-order valence-corrected chi connectivity index (χ3v) is 5.55. The van der Waals surface area contributed by atoms with Crippen LogP contribution >= 0.6 is 15.9 Å². The maximum absolute atomic E-state index is 12.8. The van der Waals surface area contributed by atoms with Crippen molar-refractivity contribution in [3.8, 4) is 11.6 Å². The van der Waals surface area contributed by atoms with Gasteiger partial charge in [-0.1, -0.05) is 46.3 Å². The lowest BCUT2D eigenvalue weighted by atomic mass is 9.97. The van der Waals surface area contributed by atoms with Crippen molar-refractivity contribution in [1.82, 2.24) is 15.3 Å². The van der Waals surface area contributed by atoms with Crippen LogP contribution in [0.15, 0.2) is 71.5 Å². The number of piperidine rings is 1. The minimum Gasteiger partial charge on any atom is -0.436 e. The van der Waals surface area contributed by atoms with Crippen LogP contribution in [0.1, 0.15) is 18.4 Å². The first kappa shape index (κ1) is 20.3. The average molecular weight is 467 g/mol. The van der Waals surface area contributed by atoms with Crippen molar-refractivity contribution in [2.75, 3.05) is 18.0 Å². The number of carbonyl (C=O) groups is 1. The molecule has 0 radical (unpaired) electrons. The molecule has 0 bridgehead atoms. The molecule has 2 heterocycles. The Balaban J connectivity index is 1.42. The van der Waals surface area contributed by atoms with Gasteiger partial charge in [0.2, 0.25) is 5.91 Å². The van der Waals surface area contributed by atoms with Crippen molar-refractivity contribution in [2.24, 2.45) is 5.92 Å². The van der Waals surface area contributed by atoms with E-state index >= 15 is 0 Å². The first-order valence-corrected chi connectivity index (χ1v) is 10.8. The molecule has 30 heavy (non-hydrogen) atoms. The molecule has 1 amide bonds. The number of nitrogens with zero attached hydrogens (tertiary/aromatic N) is 3. The fraction of sp³-hybridized carbons (Fsp3) is 0.261. The predicted octanol–water partition coefficient (Wildman–Crippen LogP) is 4.56. The number of carbonyl (C=O) groups excluding carboxylic acids is 1. The van der Waals surface area contributed by atoms with Crippen LogP contribution < -0.4 is 15.0 Å². The summed E-state index contributed by atoms with van der Waals surface area (Å²) in [6.07, 6.45) is 5.05. The molecule has 0 spiro atoms. The Labute approximate surface area is 184 Å². The zero-order valence-electron chi connectivity index (χ0n) is 16.5. The van der Waals surface area contributed by atoms with Crippen LogP contribution in [-0.2, 0) is 11.3 Å². The number of anilines is 1. The van der Waals surface area contributed by atoms with Crippen LogP contribution in [-0.4, -0.2) is 29.0 Å². The van der Waals surface area contributed by atoms with Crippen molar-refractivity contribution in [2.45, 2.75) is 19.4 Å². The highest BCUT2D eigenvalue weighted by Gasteiger charge is 2.28. The summed E-state index contributed by atoms with van der Waals surface area (Å²) < 4.78 is 6.96. The standard InChI is InChI=1S/C23H23BrN4O2/c24-19-8-4-6-17(14-19)15-27-22(29)18-7-5-13-28(16-18)21-23(26-12-11-25-21)30-20-9-2-1-3-10-20/h1-4,6,8-12,14,18H,5,7,13,15-16H2,(H,27,29)/t18-/m0/s1. The second-order valence-corrected chi connectivity index (χ2v) is 8.15. The summed E-state index contributed by atoms with van der Waals surface area (Å²) in [4.78, 5) is 23.8. The van der Waals surface area contributed by atoms with Gasteiger partial charge in [-0.3, -0.25) is 4.79 Å². The minimum absolute atomic E-state index is 0.0640. The minimum atomic E-state index is -0.0996. The predicted molar refractivity (Wildman–Crippen MR) is 119 cm³/mol. The zero-order valence-corrected chi connectivity index (χ0v) is 18.1. The smallest absolute Gasteiger partial charge is 0.263 e. The molecule has 1 atom stereocenters. The Kier molecular flexibility index (Phi) is 6.59. The van der Waals surface area contributed by atoms with E-state index in [1.54, 1.807) is 12.4 Å². The summed E-state index contributed by atoms with van der Waals surface area (Å²) in [5.41, 5.74) is 1.07. The molecule has 4 rings (SSSR count). The van der Waals surface area contributed by atoms with Gasteiger partial charge in [0.25, 0.3) is 5.88 Å². The molecule has 154 valence electrons. The highest BCUT2D eigenvalue weighted by Crippen LogP contribution is 2.31. The maximum Gasteiger partial charge on any atom is 0.263 e. The summed E-state index contributed by atoms with van der Waals surface area (Å²) in [5.74, 6) is 1.80. The van der Waals surface area contributed by atoms with Gasteiger partial charge >= 0.3 is 0 Å². The van der Waals surface area contributed by atoms with Gasteiger partial charge in [0.05, 0.1) is 5.92 Å². The van der Waals surface area contributed by atoms with E-state index < -0.39 is 0 Å². The molecule has 1 fully saturated rings. The molecule has 1 aliphatic rings. The van der Waals surface area contributed by atoms with Crippen molar-refractivity contribution >= 4 is 27.7 Å². The van der Waals surface area contributed by atoms with Crippen LogP contribution in [0, 0.1) is 5.92 Å². The SMILES string of the molecule is O=C(NCc1cccc(Br)c1)[C@H]1CCCN(c2nccnc2Oc2ccccc2)C1. The molecule has 6 nitrogen and oxygen atoms in total. The van der Waals surface area contributed by atoms with Gasteiger partial charge in [0.1, 0.15) is 5.75 Å². The lowest BCUT2D eigenvalue weighted by Gasteiger charge is -2.33. The van der Waals surface area contributed by atoms with E-state index in [1.165, 1.54) is 0 Å². The van der Waals surface area contributed by atoms with E-state index in [4.69, 9.17) is 4.74 Å². The van der Waals surface area contributed by atoms with Gasteiger partial charge in [0, 0.05) is 36.5 Å². The highest BCUT2D eigenvalue weighted by molar-refractivity contribution is 9.10. The summed E-state index contributed by atoms with van der Waals surface area (Å²) in [7, 11) is 0. The molecule has 0 aliphatic carbocycles. The Morgan fingerprint density at radius 1 is 1.13 bits per heavy atom. The molecule has 0 unspecified atom stereocenters. The van der Waals surface area contributed by atoms with Crippen molar-refractivity contribution in [1.29, 1.82) is 0 Å². The van der Waals surface area contributed by atoms with Crippen molar-refractivity contribution in [3.05, 3.63) is 77.0 Å². The molecule has 3 aromatic rings. The summed E-state index contributed by atoms with van der Waals surface area (Å²) in [6, 6.07) is 17.5. The number of aromatic nitrogens is 2. The third-order valence-electron chi connectivity index (χ3n) is 5.05. The average Bonchev–Trinajstić information content (AvgIpc) is 2.79. The quantitative estimate of drug-likeness (QED) is 0.576. The maximum atomic E-state index is 12.8. The van der Waals surface area contributed by atoms with Gasteiger partial charge in [0.15, 0.2) is 5.82 Å². The number of hydrogen-bond donors (Lipinski definition) is 1. The summed E-state index contributed by atoms with van der Waals surface area (Å²) in [6.45, 7) is 1.93. The number of amides is 1. The molecule has 1 saturated heterocycles. The fourth-order valence-electron chi connectivity index (χ4n) is 3.57. The second-order valence-electron chi connectivity index (χ2n) is 7.23. The molecule has 0 saturated carbocycles. The van der Waals surface area contributed by atoms with Gasteiger partial charge in [-0.25, -0.2) is 9.97 Å². The van der Waals surface area contributed by atoms with E-state index in [-0.39, 0.29) is 11.8 Å². The molecule has 7 heteroatoms. The zero-order chi connectivity index (χ0) is 20.8. The number of benzene rings is 2. The second kappa shape index (κ2) is 9.71. The molecular weight excluding hydrogens is 444 g/mol. The molecule has 1 aliphatic heterocycles. The van der Waals surface area contributed by atoms with Crippen LogP contribution in [0.3, 0.4) is 0 Å². The summed E-state index contributed by atoms with van der Waals surface area (Å²) >= 11 is 3.47. The first-order chi connectivity index (χ1) is 14.7. The number of rotatable bonds is 6. The molecule has 1 aromatic heterocycles. The van der Waals surface area contributed by atoms with Crippen LogP contribution in [0.2, 0.25) is 0 Å². The Morgan fingerprint density at radius 3 is 2.80 bits per heavy atom. The Hall–Kier alpha value is -2.93. The number of halogens is 1. The lowest BCUT2D eigenvalue weighted by molar-refractivity contribution is -0.125. The van der Waals surface area contributed by atoms with Gasteiger partial charge < -0.3 is 15.0 Å². The molecular formula is C23H23BrN4O2. The number of para-hydroxylation sites is 1. The lowest BCUT2D eigenvalue weighted by Crippen LogP contribution is -2.43.